The molecule has 0 saturated carbocycles. The summed E-state index contributed by atoms with van der Waals surface area (Å²) in [5, 5.41) is 2.53. The van der Waals surface area contributed by atoms with E-state index in [0.717, 1.165) is 18.2 Å². The summed E-state index contributed by atoms with van der Waals surface area (Å²) >= 11 is 0. The predicted molar refractivity (Wildman–Crippen MR) is 72.7 cm³/mol. The van der Waals surface area contributed by atoms with E-state index < -0.39 is 17.6 Å². The second kappa shape index (κ2) is 7.84. The number of ether oxygens (including phenoxy) is 1. The fraction of sp³-hybridized carbons (Fsp3) is 0.462. The SMILES string of the molecule is CCOCCCNC(=O)c1cc(C(F)(F)F)ccc1NN. The number of amides is 1. The third kappa shape index (κ3) is 5.24. The maximum absolute atomic E-state index is 12.7. The molecule has 5 nitrogen and oxygen atoms in total. The summed E-state index contributed by atoms with van der Waals surface area (Å²) in [5.74, 6) is 4.59. The molecule has 0 radical (unpaired) electrons. The zero-order chi connectivity index (χ0) is 15.9. The molecule has 0 aliphatic carbocycles. The van der Waals surface area contributed by atoms with Gasteiger partial charge < -0.3 is 15.5 Å². The van der Waals surface area contributed by atoms with Crippen LogP contribution in [0.25, 0.3) is 0 Å². The van der Waals surface area contributed by atoms with E-state index in [9.17, 15) is 18.0 Å². The van der Waals surface area contributed by atoms with Crippen LogP contribution in [-0.4, -0.2) is 25.7 Å². The fourth-order valence-corrected chi connectivity index (χ4v) is 1.65. The summed E-state index contributed by atoms with van der Waals surface area (Å²) in [6.07, 6.45) is -3.94. The predicted octanol–water partition coefficient (Wildman–Crippen LogP) is 2.15. The van der Waals surface area contributed by atoms with Gasteiger partial charge >= 0.3 is 6.18 Å². The average molecular weight is 305 g/mol. The molecular formula is C13H18F3N3O2. The number of anilines is 1. The normalized spacial score (nSPS) is 11.3. The molecule has 0 heterocycles. The van der Waals surface area contributed by atoms with Crippen molar-refractivity contribution in [2.75, 3.05) is 25.2 Å². The molecule has 1 aromatic carbocycles. The van der Waals surface area contributed by atoms with E-state index in [-0.39, 0.29) is 11.3 Å². The number of halogens is 3. The molecule has 1 amide bonds. The first kappa shape index (κ1) is 17.3. The lowest BCUT2D eigenvalue weighted by Gasteiger charge is -2.13. The molecule has 0 fully saturated rings. The molecule has 21 heavy (non-hydrogen) atoms. The Kier molecular flexibility index (Phi) is 6.44. The van der Waals surface area contributed by atoms with Crippen molar-refractivity contribution < 1.29 is 22.7 Å². The lowest BCUT2D eigenvalue weighted by molar-refractivity contribution is -0.137. The molecule has 0 spiro atoms. The van der Waals surface area contributed by atoms with Gasteiger partial charge in [0.05, 0.1) is 16.8 Å². The van der Waals surface area contributed by atoms with E-state index in [0.29, 0.717) is 26.2 Å². The fourth-order valence-electron chi connectivity index (χ4n) is 1.65. The van der Waals surface area contributed by atoms with Crippen LogP contribution in [-0.2, 0) is 10.9 Å². The summed E-state index contributed by atoms with van der Waals surface area (Å²) in [7, 11) is 0. The van der Waals surface area contributed by atoms with Crippen molar-refractivity contribution in [3.63, 3.8) is 0 Å². The van der Waals surface area contributed by atoms with Crippen molar-refractivity contribution in [1.29, 1.82) is 0 Å². The number of hydrogen-bond acceptors (Lipinski definition) is 4. The van der Waals surface area contributed by atoms with Crippen LogP contribution in [0.1, 0.15) is 29.3 Å². The Bertz CT molecular complexity index is 478. The highest BCUT2D eigenvalue weighted by Gasteiger charge is 2.31. The van der Waals surface area contributed by atoms with Gasteiger partial charge in [0.1, 0.15) is 0 Å². The van der Waals surface area contributed by atoms with Crippen LogP contribution in [0.3, 0.4) is 0 Å². The Labute approximate surface area is 120 Å². The Morgan fingerprint density at radius 1 is 1.38 bits per heavy atom. The summed E-state index contributed by atoms with van der Waals surface area (Å²) < 4.78 is 43.1. The lowest BCUT2D eigenvalue weighted by atomic mass is 10.1. The van der Waals surface area contributed by atoms with Crippen LogP contribution in [0, 0.1) is 0 Å². The van der Waals surface area contributed by atoms with E-state index in [1.807, 2.05) is 6.92 Å². The Balaban J connectivity index is 2.77. The maximum Gasteiger partial charge on any atom is 0.416 e. The topological polar surface area (TPSA) is 76.4 Å². The van der Waals surface area contributed by atoms with Crippen LogP contribution in [0.15, 0.2) is 18.2 Å². The molecule has 118 valence electrons. The largest absolute Gasteiger partial charge is 0.416 e. The number of rotatable bonds is 7. The second-order valence-electron chi connectivity index (χ2n) is 4.21. The number of alkyl halides is 3. The molecule has 0 aliphatic rings. The standard InChI is InChI=1S/C13H18F3N3O2/c1-2-21-7-3-6-18-12(20)10-8-9(13(14,15)16)4-5-11(10)19-17/h4-5,8,19H,2-3,6-7,17H2,1H3,(H,18,20). The van der Waals surface area contributed by atoms with Gasteiger partial charge in [-0.1, -0.05) is 0 Å². The number of hydrogen-bond donors (Lipinski definition) is 3. The van der Waals surface area contributed by atoms with Crippen molar-refractivity contribution in [2.24, 2.45) is 5.84 Å². The first-order valence-electron chi connectivity index (χ1n) is 6.44. The van der Waals surface area contributed by atoms with Crippen molar-refractivity contribution in [1.82, 2.24) is 5.32 Å². The van der Waals surface area contributed by atoms with Gasteiger partial charge in [-0.2, -0.15) is 13.2 Å². The molecular weight excluding hydrogens is 287 g/mol. The highest BCUT2D eigenvalue weighted by Crippen LogP contribution is 2.31. The van der Waals surface area contributed by atoms with Gasteiger partial charge in [0.2, 0.25) is 0 Å². The van der Waals surface area contributed by atoms with Crippen LogP contribution in [0.4, 0.5) is 18.9 Å². The summed E-state index contributed by atoms with van der Waals surface area (Å²) in [6, 6.07) is 2.76. The maximum atomic E-state index is 12.7. The van der Waals surface area contributed by atoms with Gasteiger partial charge in [-0.05, 0) is 31.5 Å². The molecule has 0 unspecified atom stereocenters. The minimum Gasteiger partial charge on any atom is -0.382 e. The van der Waals surface area contributed by atoms with E-state index >= 15 is 0 Å². The molecule has 8 heteroatoms. The molecule has 4 N–H and O–H groups in total. The third-order valence-corrected chi connectivity index (χ3v) is 2.70. The quantitative estimate of drug-likeness (QED) is 0.410. The van der Waals surface area contributed by atoms with Crippen LogP contribution in [0.5, 0.6) is 0 Å². The zero-order valence-corrected chi connectivity index (χ0v) is 11.6. The number of nitrogens with two attached hydrogens (primary N) is 1. The first-order chi connectivity index (χ1) is 9.90. The smallest absolute Gasteiger partial charge is 0.382 e. The number of benzene rings is 1. The van der Waals surface area contributed by atoms with Crippen LogP contribution < -0.4 is 16.6 Å². The van der Waals surface area contributed by atoms with E-state index in [4.69, 9.17) is 10.6 Å². The highest BCUT2D eigenvalue weighted by atomic mass is 19.4. The van der Waals surface area contributed by atoms with Gasteiger partial charge in [-0.3, -0.25) is 10.6 Å². The molecule has 0 atom stereocenters. The molecule has 0 saturated heterocycles. The van der Waals surface area contributed by atoms with Crippen LogP contribution in [0.2, 0.25) is 0 Å². The molecule has 0 aliphatic heterocycles. The molecule has 1 aromatic rings. The number of nitrogens with one attached hydrogen (secondary N) is 2. The molecule has 0 bridgehead atoms. The number of carbonyl (C=O) groups excluding carboxylic acids is 1. The highest BCUT2D eigenvalue weighted by molar-refractivity contribution is 5.99. The van der Waals surface area contributed by atoms with Crippen molar-refractivity contribution in [3.8, 4) is 0 Å². The Morgan fingerprint density at radius 2 is 2.10 bits per heavy atom. The Hall–Kier alpha value is -1.80. The van der Waals surface area contributed by atoms with E-state index in [1.165, 1.54) is 0 Å². The molecule has 0 aromatic heterocycles. The molecule has 1 rings (SSSR count). The second-order valence-corrected chi connectivity index (χ2v) is 4.21. The average Bonchev–Trinajstić information content (AvgIpc) is 2.45. The van der Waals surface area contributed by atoms with Gasteiger partial charge in [0.15, 0.2) is 0 Å². The van der Waals surface area contributed by atoms with Crippen molar-refractivity contribution in [2.45, 2.75) is 19.5 Å². The van der Waals surface area contributed by atoms with Gasteiger partial charge in [-0.15, -0.1) is 0 Å². The zero-order valence-electron chi connectivity index (χ0n) is 11.6. The summed E-state index contributed by atoms with van der Waals surface area (Å²) in [6.45, 7) is 3.20. The lowest BCUT2D eigenvalue weighted by Crippen LogP contribution is -2.27. The Morgan fingerprint density at radius 3 is 2.67 bits per heavy atom. The minimum absolute atomic E-state index is 0.130. The summed E-state index contributed by atoms with van der Waals surface area (Å²) in [5.41, 5.74) is 1.29. The first-order valence-corrected chi connectivity index (χ1v) is 6.44. The number of nitrogen functional groups attached to an aromatic ring is 1. The van der Waals surface area contributed by atoms with Gasteiger partial charge in [0, 0.05) is 19.8 Å². The third-order valence-electron chi connectivity index (χ3n) is 2.70. The summed E-state index contributed by atoms with van der Waals surface area (Å²) in [4.78, 5) is 11.9. The van der Waals surface area contributed by atoms with Crippen molar-refractivity contribution >= 4 is 11.6 Å². The van der Waals surface area contributed by atoms with Crippen LogP contribution >= 0.6 is 0 Å². The van der Waals surface area contributed by atoms with Gasteiger partial charge in [0.25, 0.3) is 5.91 Å². The minimum atomic E-state index is -4.52. The van der Waals surface area contributed by atoms with E-state index in [1.54, 1.807) is 0 Å². The number of carbonyl (C=O) groups is 1. The monoisotopic (exact) mass is 305 g/mol. The van der Waals surface area contributed by atoms with Crippen molar-refractivity contribution in [3.05, 3.63) is 29.3 Å². The van der Waals surface area contributed by atoms with E-state index in [2.05, 4.69) is 10.7 Å². The van der Waals surface area contributed by atoms with Gasteiger partial charge in [-0.25, -0.2) is 0 Å². The number of hydrazine groups is 1.